The molecule has 1 N–H and O–H groups in total. The average Bonchev–Trinajstić information content (AvgIpc) is 3.39. The van der Waals surface area contributed by atoms with Crippen molar-refractivity contribution in [2.75, 3.05) is 7.11 Å². The summed E-state index contributed by atoms with van der Waals surface area (Å²) in [6.45, 7) is 2.22. The SMILES string of the molecule is COc1ccc(C=NNC(=O)Cn2c(C)nc3ccccc32)cc1Cn1cc([N+](=O)[O-])cn1. The van der Waals surface area contributed by atoms with Gasteiger partial charge in [-0.15, -0.1) is 0 Å². The number of amides is 1. The second kappa shape index (κ2) is 9.30. The zero-order valence-electron chi connectivity index (χ0n) is 18.0. The number of ether oxygens (including phenoxy) is 1. The maximum absolute atomic E-state index is 12.4. The van der Waals surface area contributed by atoms with E-state index in [1.807, 2.05) is 41.8 Å². The highest BCUT2D eigenvalue weighted by molar-refractivity contribution is 5.84. The molecule has 0 bridgehead atoms. The molecular weight excluding hydrogens is 426 g/mol. The maximum Gasteiger partial charge on any atom is 0.307 e. The first-order valence-electron chi connectivity index (χ1n) is 10.0. The highest BCUT2D eigenvalue weighted by Crippen LogP contribution is 2.21. The number of nitrogens with zero attached hydrogens (tertiary/aromatic N) is 6. The van der Waals surface area contributed by atoms with Crippen LogP contribution in [-0.4, -0.2) is 43.5 Å². The third-order valence-electron chi connectivity index (χ3n) is 5.02. The Balaban J connectivity index is 1.44. The normalized spacial score (nSPS) is 11.2. The molecule has 11 nitrogen and oxygen atoms in total. The molecule has 0 fully saturated rings. The van der Waals surface area contributed by atoms with E-state index in [1.54, 1.807) is 19.2 Å². The Bertz CT molecular complexity index is 1360. The summed E-state index contributed by atoms with van der Waals surface area (Å²) >= 11 is 0. The Hall–Kier alpha value is -4.54. The molecule has 2 aromatic carbocycles. The summed E-state index contributed by atoms with van der Waals surface area (Å²) in [6.07, 6.45) is 4.06. The minimum absolute atomic E-state index is 0.0877. The first-order valence-corrected chi connectivity index (χ1v) is 10.0. The van der Waals surface area contributed by atoms with E-state index < -0.39 is 4.92 Å². The minimum Gasteiger partial charge on any atom is -0.496 e. The van der Waals surface area contributed by atoms with E-state index in [2.05, 4.69) is 20.6 Å². The van der Waals surface area contributed by atoms with Crippen molar-refractivity contribution in [1.82, 2.24) is 24.8 Å². The van der Waals surface area contributed by atoms with Crippen molar-refractivity contribution in [3.8, 4) is 5.75 Å². The lowest BCUT2D eigenvalue weighted by atomic mass is 10.1. The van der Waals surface area contributed by atoms with Gasteiger partial charge in [-0.2, -0.15) is 10.2 Å². The number of rotatable bonds is 8. The van der Waals surface area contributed by atoms with Crippen LogP contribution in [0.2, 0.25) is 0 Å². The first-order chi connectivity index (χ1) is 15.9. The molecule has 11 heteroatoms. The summed E-state index contributed by atoms with van der Waals surface area (Å²) in [5.41, 5.74) is 5.64. The Labute approximate surface area is 188 Å². The van der Waals surface area contributed by atoms with Gasteiger partial charge in [0.2, 0.25) is 0 Å². The van der Waals surface area contributed by atoms with Crippen molar-refractivity contribution in [1.29, 1.82) is 0 Å². The van der Waals surface area contributed by atoms with Gasteiger partial charge in [-0.25, -0.2) is 10.4 Å². The number of hydrazone groups is 1. The van der Waals surface area contributed by atoms with E-state index >= 15 is 0 Å². The van der Waals surface area contributed by atoms with Crippen LogP contribution in [0.25, 0.3) is 11.0 Å². The Kier molecular flexibility index (Phi) is 6.11. The van der Waals surface area contributed by atoms with Crippen LogP contribution in [0.1, 0.15) is 17.0 Å². The lowest BCUT2D eigenvalue weighted by Gasteiger charge is -2.09. The molecule has 2 aromatic heterocycles. The second-order valence-corrected chi connectivity index (χ2v) is 7.25. The Morgan fingerprint density at radius 1 is 1.30 bits per heavy atom. The third kappa shape index (κ3) is 4.87. The van der Waals surface area contributed by atoms with Crippen molar-refractivity contribution in [2.45, 2.75) is 20.0 Å². The molecule has 0 aliphatic rings. The zero-order valence-corrected chi connectivity index (χ0v) is 18.0. The van der Waals surface area contributed by atoms with Gasteiger partial charge in [-0.3, -0.25) is 19.6 Å². The molecule has 1 amide bonds. The zero-order chi connectivity index (χ0) is 23.4. The van der Waals surface area contributed by atoms with Gasteiger partial charge in [0.15, 0.2) is 0 Å². The molecule has 4 rings (SSSR count). The highest BCUT2D eigenvalue weighted by atomic mass is 16.6. The molecule has 33 heavy (non-hydrogen) atoms. The van der Waals surface area contributed by atoms with Crippen LogP contribution in [-0.2, 0) is 17.9 Å². The van der Waals surface area contributed by atoms with Gasteiger partial charge in [-0.05, 0) is 42.8 Å². The van der Waals surface area contributed by atoms with E-state index in [0.29, 0.717) is 5.75 Å². The average molecular weight is 447 g/mol. The van der Waals surface area contributed by atoms with Crippen LogP contribution < -0.4 is 10.2 Å². The minimum atomic E-state index is -0.499. The number of aromatic nitrogens is 4. The predicted molar refractivity (Wildman–Crippen MR) is 121 cm³/mol. The van der Waals surface area contributed by atoms with Crippen LogP contribution >= 0.6 is 0 Å². The number of para-hydroxylation sites is 2. The van der Waals surface area contributed by atoms with Crippen LogP contribution in [0.3, 0.4) is 0 Å². The number of carbonyl (C=O) groups is 1. The summed E-state index contributed by atoms with van der Waals surface area (Å²) in [6, 6.07) is 13.0. The van der Waals surface area contributed by atoms with Gasteiger partial charge in [-0.1, -0.05) is 12.1 Å². The number of imidazole rings is 1. The largest absolute Gasteiger partial charge is 0.496 e. The molecule has 168 valence electrons. The number of carbonyl (C=O) groups excluding carboxylic acids is 1. The van der Waals surface area contributed by atoms with Crippen LogP contribution in [0.5, 0.6) is 5.75 Å². The van der Waals surface area contributed by atoms with Crippen LogP contribution in [0.4, 0.5) is 5.69 Å². The first kappa shape index (κ1) is 21.7. The fourth-order valence-electron chi connectivity index (χ4n) is 3.46. The molecule has 0 aliphatic heterocycles. The quantitative estimate of drug-likeness (QED) is 0.251. The summed E-state index contributed by atoms with van der Waals surface area (Å²) < 4.78 is 8.66. The number of nitrogens with one attached hydrogen (secondary N) is 1. The van der Waals surface area contributed by atoms with Crippen LogP contribution in [0, 0.1) is 17.0 Å². The predicted octanol–water partition coefficient (Wildman–Crippen LogP) is 2.66. The summed E-state index contributed by atoms with van der Waals surface area (Å²) in [5.74, 6) is 1.07. The number of hydrogen-bond acceptors (Lipinski definition) is 7. The van der Waals surface area contributed by atoms with Gasteiger partial charge in [0.25, 0.3) is 5.91 Å². The number of hydrogen-bond donors (Lipinski definition) is 1. The second-order valence-electron chi connectivity index (χ2n) is 7.25. The fourth-order valence-corrected chi connectivity index (χ4v) is 3.46. The smallest absolute Gasteiger partial charge is 0.307 e. The molecule has 0 saturated carbocycles. The van der Waals surface area contributed by atoms with Gasteiger partial charge in [0.1, 0.15) is 30.5 Å². The standard InChI is InChI=1S/C22H21N7O4/c1-15-25-19-5-3-4-6-20(19)28(15)14-22(30)26-23-10-16-7-8-21(33-2)17(9-16)12-27-13-18(11-24-27)29(31)32/h3-11,13H,12,14H2,1-2H3,(H,26,30). The number of nitro groups is 1. The molecule has 0 radical (unpaired) electrons. The van der Waals surface area contributed by atoms with Crippen LogP contribution in [0.15, 0.2) is 60.0 Å². The van der Waals surface area contributed by atoms with Crippen molar-refractivity contribution in [2.24, 2.45) is 5.10 Å². The van der Waals surface area contributed by atoms with Crippen molar-refractivity contribution in [3.05, 3.63) is 81.9 Å². The number of benzene rings is 2. The lowest BCUT2D eigenvalue weighted by molar-refractivity contribution is -0.385. The summed E-state index contributed by atoms with van der Waals surface area (Å²) in [7, 11) is 1.54. The Morgan fingerprint density at radius 3 is 2.88 bits per heavy atom. The molecule has 2 heterocycles. The van der Waals surface area contributed by atoms with E-state index in [1.165, 1.54) is 23.3 Å². The summed E-state index contributed by atoms with van der Waals surface area (Å²) in [5, 5.41) is 18.9. The molecule has 0 unspecified atom stereocenters. The van der Waals surface area contributed by atoms with Crippen molar-refractivity contribution >= 4 is 28.8 Å². The molecule has 0 saturated heterocycles. The number of fused-ring (bicyclic) bond motifs is 1. The molecule has 4 aromatic rings. The van der Waals surface area contributed by atoms with Gasteiger partial charge >= 0.3 is 5.69 Å². The Morgan fingerprint density at radius 2 is 2.12 bits per heavy atom. The van der Waals surface area contributed by atoms with E-state index in [9.17, 15) is 14.9 Å². The van der Waals surface area contributed by atoms with Gasteiger partial charge in [0.05, 0.1) is 35.8 Å². The van der Waals surface area contributed by atoms with E-state index in [0.717, 1.165) is 28.0 Å². The van der Waals surface area contributed by atoms with E-state index in [-0.39, 0.29) is 24.7 Å². The molecule has 0 spiro atoms. The third-order valence-corrected chi connectivity index (χ3v) is 5.02. The monoisotopic (exact) mass is 447 g/mol. The molecule has 0 atom stereocenters. The van der Waals surface area contributed by atoms with Gasteiger partial charge < -0.3 is 9.30 Å². The fraction of sp³-hybridized carbons (Fsp3) is 0.182. The summed E-state index contributed by atoms with van der Waals surface area (Å²) in [4.78, 5) is 27.2. The topological polar surface area (TPSA) is 129 Å². The highest BCUT2D eigenvalue weighted by Gasteiger charge is 2.12. The number of aryl methyl sites for hydroxylation is 1. The molecule has 0 aliphatic carbocycles. The molecular formula is C22H21N7O4. The number of methoxy groups -OCH3 is 1. The lowest BCUT2D eigenvalue weighted by Crippen LogP contribution is -2.23. The van der Waals surface area contributed by atoms with Crippen molar-refractivity contribution in [3.63, 3.8) is 0 Å². The maximum atomic E-state index is 12.4. The van der Waals surface area contributed by atoms with Crippen molar-refractivity contribution < 1.29 is 14.5 Å². The van der Waals surface area contributed by atoms with Gasteiger partial charge in [0, 0.05) is 5.56 Å². The van der Waals surface area contributed by atoms with E-state index in [4.69, 9.17) is 4.74 Å².